The predicted molar refractivity (Wildman–Crippen MR) is 60.4 cm³/mol. The van der Waals surface area contributed by atoms with Crippen molar-refractivity contribution in [1.82, 2.24) is 4.57 Å². The van der Waals surface area contributed by atoms with Gasteiger partial charge in [-0.15, -0.1) is 0 Å². The smallest absolute Gasteiger partial charge is 0.249 e. The Morgan fingerprint density at radius 3 is 2.59 bits per heavy atom. The molecule has 4 heteroatoms. The van der Waals surface area contributed by atoms with Crippen molar-refractivity contribution in [3.8, 4) is 0 Å². The van der Waals surface area contributed by atoms with Gasteiger partial charge in [-0.05, 0) is 25.0 Å². The lowest BCUT2D eigenvalue weighted by molar-refractivity contribution is -0.0886. The molecule has 1 saturated heterocycles. The number of ether oxygens (including phenoxy) is 1. The molecule has 1 saturated carbocycles. The van der Waals surface area contributed by atoms with Crippen LogP contribution in [0, 0.1) is 0 Å². The van der Waals surface area contributed by atoms with Crippen LogP contribution in [-0.4, -0.2) is 23.7 Å². The van der Waals surface area contributed by atoms with Gasteiger partial charge in [-0.3, -0.25) is 0 Å². The Kier molecular flexibility index (Phi) is 2.69. The second kappa shape index (κ2) is 4.09. The molecule has 0 radical (unpaired) electrons. The number of hydrogen-bond acceptors (Lipinski definition) is 1. The molecule has 2 fully saturated rings. The number of aromatic nitrogens is 1. The Balaban J connectivity index is 1.75. The summed E-state index contributed by atoms with van der Waals surface area (Å²) in [4.78, 5) is 0. The maximum atomic E-state index is 12.9. The van der Waals surface area contributed by atoms with E-state index in [1.807, 2.05) is 18.3 Å². The van der Waals surface area contributed by atoms with Gasteiger partial charge in [0, 0.05) is 49.9 Å². The van der Waals surface area contributed by atoms with Gasteiger partial charge in [0.15, 0.2) is 0 Å². The van der Waals surface area contributed by atoms with Gasteiger partial charge in [0.25, 0.3) is 0 Å². The quantitative estimate of drug-likeness (QED) is 0.774. The van der Waals surface area contributed by atoms with Crippen molar-refractivity contribution in [2.24, 2.45) is 0 Å². The fraction of sp³-hybridized carbons (Fsp3) is 0.692. The van der Waals surface area contributed by atoms with E-state index in [4.69, 9.17) is 4.74 Å². The maximum Gasteiger partial charge on any atom is 0.249 e. The number of nitrogens with zero attached hydrogens (tertiary/aromatic N) is 1. The second-order valence-electron chi connectivity index (χ2n) is 5.14. The number of alkyl halides is 2. The van der Waals surface area contributed by atoms with E-state index in [1.165, 1.54) is 0 Å². The van der Waals surface area contributed by atoms with Gasteiger partial charge in [0.2, 0.25) is 5.92 Å². The highest BCUT2D eigenvalue weighted by molar-refractivity contribution is 5.19. The van der Waals surface area contributed by atoms with E-state index in [1.54, 1.807) is 0 Å². The van der Waals surface area contributed by atoms with Crippen LogP contribution < -0.4 is 0 Å². The van der Waals surface area contributed by atoms with Crippen molar-refractivity contribution in [2.45, 2.75) is 43.6 Å². The summed E-state index contributed by atoms with van der Waals surface area (Å²) >= 11 is 0. The summed E-state index contributed by atoms with van der Waals surface area (Å²) in [5, 5.41) is 0. The zero-order valence-electron chi connectivity index (χ0n) is 9.74. The molecule has 0 spiro atoms. The van der Waals surface area contributed by atoms with Crippen LogP contribution in [-0.2, 0) is 4.74 Å². The van der Waals surface area contributed by atoms with E-state index in [0.29, 0.717) is 6.04 Å². The zero-order chi connectivity index (χ0) is 11.9. The lowest BCUT2D eigenvalue weighted by Crippen LogP contribution is -2.35. The van der Waals surface area contributed by atoms with Gasteiger partial charge in [-0.1, -0.05) is 0 Å². The minimum absolute atomic E-state index is 0.0141. The third kappa shape index (κ3) is 2.10. The summed E-state index contributed by atoms with van der Waals surface area (Å²) in [5.74, 6) is -2.39. The van der Waals surface area contributed by atoms with Gasteiger partial charge < -0.3 is 9.30 Å². The van der Waals surface area contributed by atoms with Crippen LogP contribution in [0.2, 0.25) is 0 Å². The number of hydrogen-bond donors (Lipinski definition) is 0. The first kappa shape index (κ1) is 11.2. The summed E-state index contributed by atoms with van der Waals surface area (Å²) in [7, 11) is 0. The standard InChI is InChI=1S/C13H17F2NO/c14-13(15)8-10(9-13)12-2-1-5-16(12)11-3-6-17-7-4-11/h1-2,5,10-11H,3-4,6-9H2. The van der Waals surface area contributed by atoms with Gasteiger partial charge in [-0.25, -0.2) is 8.78 Å². The molecule has 1 aromatic heterocycles. The van der Waals surface area contributed by atoms with Crippen molar-refractivity contribution in [3.63, 3.8) is 0 Å². The molecular formula is C13H17F2NO. The first-order valence-corrected chi connectivity index (χ1v) is 6.28. The maximum absolute atomic E-state index is 12.9. The van der Waals surface area contributed by atoms with Gasteiger partial charge in [0.05, 0.1) is 0 Å². The summed E-state index contributed by atoms with van der Waals surface area (Å²) in [6, 6.07) is 4.40. The van der Waals surface area contributed by atoms with Crippen molar-refractivity contribution >= 4 is 0 Å². The molecule has 2 nitrogen and oxygen atoms in total. The highest BCUT2D eigenvalue weighted by Gasteiger charge is 2.47. The van der Waals surface area contributed by atoms with Gasteiger partial charge >= 0.3 is 0 Å². The van der Waals surface area contributed by atoms with Crippen LogP contribution >= 0.6 is 0 Å². The highest BCUT2D eigenvalue weighted by Crippen LogP contribution is 2.49. The fourth-order valence-corrected chi connectivity index (χ4v) is 2.92. The predicted octanol–water partition coefficient (Wildman–Crippen LogP) is 3.35. The summed E-state index contributed by atoms with van der Waals surface area (Å²) in [5.41, 5.74) is 1.09. The highest BCUT2D eigenvalue weighted by atomic mass is 19.3. The van der Waals surface area contributed by atoms with Crippen LogP contribution in [0.4, 0.5) is 8.78 Å². The molecule has 0 amide bonds. The molecule has 2 aliphatic rings. The van der Waals surface area contributed by atoms with Crippen LogP contribution in [0.25, 0.3) is 0 Å². The molecule has 0 atom stereocenters. The Morgan fingerprint density at radius 1 is 1.24 bits per heavy atom. The molecule has 0 unspecified atom stereocenters. The zero-order valence-corrected chi connectivity index (χ0v) is 9.74. The average Bonchev–Trinajstić information content (AvgIpc) is 2.75. The number of rotatable bonds is 2. The molecule has 2 heterocycles. The summed E-state index contributed by atoms with van der Waals surface area (Å²) < 4.78 is 33.4. The fourth-order valence-electron chi connectivity index (χ4n) is 2.92. The monoisotopic (exact) mass is 241 g/mol. The molecule has 17 heavy (non-hydrogen) atoms. The van der Waals surface area contributed by atoms with Crippen LogP contribution in [0.15, 0.2) is 18.3 Å². The van der Waals surface area contributed by atoms with Crippen molar-refractivity contribution in [3.05, 3.63) is 24.0 Å². The first-order valence-electron chi connectivity index (χ1n) is 6.28. The molecule has 1 aromatic rings. The van der Waals surface area contributed by atoms with E-state index in [-0.39, 0.29) is 18.8 Å². The van der Waals surface area contributed by atoms with E-state index >= 15 is 0 Å². The topological polar surface area (TPSA) is 14.2 Å². The normalized spacial score (nSPS) is 25.8. The Hall–Kier alpha value is -0.900. The summed E-state index contributed by atoms with van der Waals surface area (Å²) in [6.07, 6.45) is 4.04. The molecule has 0 aromatic carbocycles. The minimum Gasteiger partial charge on any atom is -0.381 e. The third-order valence-corrected chi connectivity index (χ3v) is 3.90. The lowest BCUT2D eigenvalue weighted by atomic mass is 9.79. The van der Waals surface area contributed by atoms with E-state index in [9.17, 15) is 8.78 Å². The van der Waals surface area contributed by atoms with E-state index < -0.39 is 5.92 Å². The van der Waals surface area contributed by atoms with Crippen molar-refractivity contribution in [2.75, 3.05) is 13.2 Å². The average molecular weight is 241 g/mol. The van der Waals surface area contributed by atoms with Crippen LogP contribution in [0.5, 0.6) is 0 Å². The SMILES string of the molecule is FC1(F)CC(c2cccn2C2CCOCC2)C1. The Morgan fingerprint density at radius 2 is 1.94 bits per heavy atom. The number of halogens is 2. The third-order valence-electron chi connectivity index (χ3n) is 3.90. The van der Waals surface area contributed by atoms with E-state index in [2.05, 4.69) is 4.57 Å². The molecule has 0 N–H and O–H groups in total. The van der Waals surface area contributed by atoms with Gasteiger partial charge in [-0.2, -0.15) is 0 Å². The van der Waals surface area contributed by atoms with Gasteiger partial charge in [0.1, 0.15) is 0 Å². The largest absolute Gasteiger partial charge is 0.381 e. The second-order valence-corrected chi connectivity index (χ2v) is 5.14. The molecule has 0 bridgehead atoms. The van der Waals surface area contributed by atoms with Crippen LogP contribution in [0.1, 0.15) is 43.3 Å². The van der Waals surface area contributed by atoms with E-state index in [0.717, 1.165) is 31.7 Å². The van der Waals surface area contributed by atoms with Crippen molar-refractivity contribution in [1.29, 1.82) is 0 Å². The molecular weight excluding hydrogens is 224 g/mol. The molecule has 1 aliphatic heterocycles. The minimum atomic E-state index is -2.44. The lowest BCUT2D eigenvalue weighted by Gasteiger charge is -2.37. The molecule has 94 valence electrons. The Labute approximate surface area is 99.6 Å². The molecule has 1 aliphatic carbocycles. The van der Waals surface area contributed by atoms with Crippen LogP contribution in [0.3, 0.4) is 0 Å². The Bertz CT molecular complexity index is 388. The first-order chi connectivity index (χ1) is 8.16. The molecule has 3 rings (SSSR count). The summed E-state index contributed by atoms with van der Waals surface area (Å²) in [6.45, 7) is 1.56. The van der Waals surface area contributed by atoms with Crippen molar-refractivity contribution < 1.29 is 13.5 Å².